The third-order valence-corrected chi connectivity index (χ3v) is 4.30. The zero-order valence-corrected chi connectivity index (χ0v) is 12.7. The maximum Gasteiger partial charge on any atom is 0.310 e. The lowest BCUT2D eigenvalue weighted by atomic mass is 9.78. The summed E-state index contributed by atoms with van der Waals surface area (Å²) in [5.41, 5.74) is 2.10. The van der Waals surface area contributed by atoms with Crippen LogP contribution in [0.1, 0.15) is 45.6 Å². The highest BCUT2D eigenvalue weighted by Gasteiger charge is 2.38. The number of esters is 1. The molecule has 0 spiro atoms. The first-order valence-corrected chi connectivity index (χ1v) is 7.43. The first-order chi connectivity index (χ1) is 9.52. The van der Waals surface area contributed by atoms with Gasteiger partial charge in [0.25, 0.3) is 0 Å². The van der Waals surface area contributed by atoms with E-state index in [-0.39, 0.29) is 11.6 Å². The first kappa shape index (κ1) is 14.8. The highest BCUT2D eigenvalue weighted by atomic mass is 16.6. The molecule has 1 aliphatic carbocycles. The van der Waals surface area contributed by atoms with E-state index in [2.05, 4.69) is 26.8 Å². The number of benzene rings is 1. The number of ether oxygens (including phenoxy) is 1. The first-order valence-electron chi connectivity index (χ1n) is 7.43. The summed E-state index contributed by atoms with van der Waals surface area (Å²) in [7, 11) is 0. The molecule has 2 rings (SSSR count). The van der Waals surface area contributed by atoms with Gasteiger partial charge in [0.05, 0.1) is 6.42 Å². The molecule has 0 bridgehead atoms. The largest absolute Gasteiger partial charge is 0.458 e. The van der Waals surface area contributed by atoms with Gasteiger partial charge in [-0.05, 0) is 31.2 Å². The molecule has 1 aromatic carbocycles. The summed E-state index contributed by atoms with van der Waals surface area (Å²) in [5, 5.41) is 0. The molecule has 2 nitrogen and oxygen atoms in total. The van der Waals surface area contributed by atoms with Crippen molar-refractivity contribution in [1.82, 2.24) is 0 Å². The Morgan fingerprint density at radius 1 is 1.30 bits per heavy atom. The van der Waals surface area contributed by atoms with E-state index in [0.29, 0.717) is 12.3 Å². The Bertz CT molecular complexity index is 487. The Balaban J connectivity index is 2.04. The molecule has 1 aliphatic rings. The number of hydrogen-bond donors (Lipinski definition) is 0. The van der Waals surface area contributed by atoms with E-state index in [1.54, 1.807) is 0 Å². The molecule has 0 saturated carbocycles. The van der Waals surface area contributed by atoms with Crippen LogP contribution >= 0.6 is 0 Å². The second kappa shape index (κ2) is 6.25. The van der Waals surface area contributed by atoms with Crippen molar-refractivity contribution in [3.63, 3.8) is 0 Å². The van der Waals surface area contributed by atoms with Crippen LogP contribution in [-0.2, 0) is 16.0 Å². The van der Waals surface area contributed by atoms with Gasteiger partial charge in [0, 0.05) is 6.42 Å². The van der Waals surface area contributed by atoms with Gasteiger partial charge in [-0.25, -0.2) is 0 Å². The van der Waals surface area contributed by atoms with E-state index in [0.717, 1.165) is 24.8 Å². The molecular formula is C18H24O2. The molecule has 0 radical (unpaired) electrons. The monoisotopic (exact) mass is 272 g/mol. The molecular weight excluding hydrogens is 248 g/mol. The number of carbonyl (C=O) groups excluding carboxylic acids is 1. The standard InChI is InChI=1S/C18H24O2/c1-14(2)18(11-9-15(3)10-12-18)20-17(19)13-16-7-5-4-6-8-16/h4-9,14H,10-13H2,1-3H3. The Hall–Kier alpha value is -1.57. The van der Waals surface area contributed by atoms with Crippen molar-refractivity contribution in [1.29, 1.82) is 0 Å². The van der Waals surface area contributed by atoms with Gasteiger partial charge in [-0.2, -0.15) is 0 Å². The molecule has 0 amide bonds. The summed E-state index contributed by atoms with van der Waals surface area (Å²) in [4.78, 5) is 12.2. The average molecular weight is 272 g/mol. The predicted molar refractivity (Wildman–Crippen MR) is 81.4 cm³/mol. The van der Waals surface area contributed by atoms with Crippen LogP contribution in [0.15, 0.2) is 42.0 Å². The summed E-state index contributed by atoms with van der Waals surface area (Å²) < 4.78 is 5.91. The molecule has 108 valence electrons. The molecule has 0 N–H and O–H groups in total. The number of rotatable bonds is 4. The average Bonchev–Trinajstić information content (AvgIpc) is 2.42. The Labute approximate surface area is 121 Å². The van der Waals surface area contributed by atoms with Gasteiger partial charge in [-0.3, -0.25) is 4.79 Å². The summed E-state index contributed by atoms with van der Waals surface area (Å²) in [6, 6.07) is 9.79. The highest BCUT2D eigenvalue weighted by Crippen LogP contribution is 2.37. The quantitative estimate of drug-likeness (QED) is 0.603. The zero-order valence-electron chi connectivity index (χ0n) is 12.7. The van der Waals surface area contributed by atoms with Gasteiger partial charge in [0.1, 0.15) is 5.60 Å². The van der Waals surface area contributed by atoms with Gasteiger partial charge in [0.15, 0.2) is 0 Å². The second-order valence-electron chi connectivity index (χ2n) is 6.11. The van der Waals surface area contributed by atoms with Crippen LogP contribution in [0.5, 0.6) is 0 Å². The lowest BCUT2D eigenvalue weighted by molar-refractivity contribution is -0.165. The second-order valence-corrected chi connectivity index (χ2v) is 6.11. The van der Waals surface area contributed by atoms with Crippen molar-refractivity contribution < 1.29 is 9.53 Å². The molecule has 0 fully saturated rings. The third-order valence-electron chi connectivity index (χ3n) is 4.30. The molecule has 1 aromatic rings. The van der Waals surface area contributed by atoms with Crippen molar-refractivity contribution in [2.75, 3.05) is 0 Å². The van der Waals surface area contributed by atoms with Gasteiger partial charge < -0.3 is 4.74 Å². The smallest absolute Gasteiger partial charge is 0.310 e. The van der Waals surface area contributed by atoms with Crippen LogP contribution in [0.25, 0.3) is 0 Å². The van der Waals surface area contributed by atoms with Crippen LogP contribution < -0.4 is 0 Å². The van der Waals surface area contributed by atoms with E-state index in [9.17, 15) is 4.79 Å². The normalized spacial score (nSPS) is 22.5. The van der Waals surface area contributed by atoms with Gasteiger partial charge in [-0.15, -0.1) is 0 Å². The molecule has 1 atom stereocenters. The van der Waals surface area contributed by atoms with E-state index in [1.165, 1.54) is 5.57 Å². The molecule has 0 saturated heterocycles. The summed E-state index contributed by atoms with van der Waals surface area (Å²) in [5.74, 6) is 0.226. The van der Waals surface area contributed by atoms with Crippen LogP contribution in [0.3, 0.4) is 0 Å². The van der Waals surface area contributed by atoms with E-state index >= 15 is 0 Å². The fraction of sp³-hybridized carbons (Fsp3) is 0.500. The molecule has 0 aliphatic heterocycles. The van der Waals surface area contributed by atoms with Crippen molar-refractivity contribution in [2.45, 2.75) is 52.1 Å². The van der Waals surface area contributed by atoms with Crippen LogP contribution in [0, 0.1) is 5.92 Å². The topological polar surface area (TPSA) is 26.3 Å². The van der Waals surface area contributed by atoms with E-state index in [1.807, 2.05) is 30.3 Å². The van der Waals surface area contributed by atoms with Gasteiger partial charge in [0.2, 0.25) is 0 Å². The van der Waals surface area contributed by atoms with Crippen molar-refractivity contribution in [2.24, 2.45) is 5.92 Å². The Kier molecular flexibility index (Phi) is 4.64. The molecule has 0 aromatic heterocycles. The molecule has 20 heavy (non-hydrogen) atoms. The molecule has 2 heteroatoms. The lowest BCUT2D eigenvalue weighted by Gasteiger charge is -2.39. The Morgan fingerprint density at radius 3 is 2.55 bits per heavy atom. The van der Waals surface area contributed by atoms with Crippen molar-refractivity contribution >= 4 is 5.97 Å². The fourth-order valence-corrected chi connectivity index (χ4v) is 2.72. The third kappa shape index (κ3) is 3.50. The van der Waals surface area contributed by atoms with Crippen LogP contribution in [-0.4, -0.2) is 11.6 Å². The van der Waals surface area contributed by atoms with Gasteiger partial charge >= 0.3 is 5.97 Å². The van der Waals surface area contributed by atoms with Crippen LogP contribution in [0.2, 0.25) is 0 Å². The Morgan fingerprint density at radius 2 is 2.00 bits per heavy atom. The lowest BCUT2D eigenvalue weighted by Crippen LogP contribution is -2.42. The predicted octanol–water partition coefficient (Wildman–Crippen LogP) is 4.30. The summed E-state index contributed by atoms with van der Waals surface area (Å²) in [6.45, 7) is 6.44. The molecule has 0 heterocycles. The highest BCUT2D eigenvalue weighted by molar-refractivity contribution is 5.73. The molecule has 1 unspecified atom stereocenters. The van der Waals surface area contributed by atoms with E-state index < -0.39 is 0 Å². The van der Waals surface area contributed by atoms with Gasteiger partial charge in [-0.1, -0.05) is 55.8 Å². The fourth-order valence-electron chi connectivity index (χ4n) is 2.72. The van der Waals surface area contributed by atoms with Crippen molar-refractivity contribution in [3.8, 4) is 0 Å². The van der Waals surface area contributed by atoms with E-state index in [4.69, 9.17) is 4.74 Å². The number of carbonyl (C=O) groups is 1. The number of hydrogen-bond acceptors (Lipinski definition) is 2. The maximum absolute atomic E-state index is 12.2. The number of allylic oxidation sites excluding steroid dienone is 1. The van der Waals surface area contributed by atoms with Crippen molar-refractivity contribution in [3.05, 3.63) is 47.5 Å². The minimum atomic E-state index is -0.314. The SMILES string of the molecule is CC1=CCC(OC(=O)Cc2ccccc2)(C(C)C)CC1. The summed E-state index contributed by atoms with van der Waals surface area (Å²) in [6.07, 6.45) is 5.39. The zero-order chi connectivity index (χ0) is 14.6. The minimum absolute atomic E-state index is 0.113. The van der Waals surface area contributed by atoms with Crippen LogP contribution in [0.4, 0.5) is 0 Å². The summed E-state index contributed by atoms with van der Waals surface area (Å²) >= 11 is 0. The maximum atomic E-state index is 12.2. The minimum Gasteiger partial charge on any atom is -0.458 e.